The molecule has 2 fully saturated rings. The molecule has 29 heavy (non-hydrogen) atoms. The summed E-state index contributed by atoms with van der Waals surface area (Å²) in [5.74, 6) is 3.57. The minimum atomic E-state index is -0.00571. The molecule has 1 aromatic rings. The Bertz CT molecular complexity index is 589. The van der Waals surface area contributed by atoms with Gasteiger partial charge in [0.2, 0.25) is 0 Å². The lowest BCUT2D eigenvalue weighted by Gasteiger charge is -2.37. The van der Waals surface area contributed by atoms with Crippen molar-refractivity contribution in [3.63, 3.8) is 0 Å². The topological polar surface area (TPSA) is 26.3 Å². The molecule has 0 aromatic heterocycles. The van der Waals surface area contributed by atoms with Gasteiger partial charge in [0.05, 0.1) is 5.92 Å². The molecular formula is C27H42O2. The third-order valence-corrected chi connectivity index (χ3v) is 7.57. The molecule has 0 atom stereocenters. The first-order valence-corrected chi connectivity index (χ1v) is 12.5. The maximum Gasteiger partial charge on any atom is 0.314 e. The Morgan fingerprint density at radius 3 is 2.03 bits per heavy atom. The largest absolute Gasteiger partial charge is 0.426 e. The van der Waals surface area contributed by atoms with Crippen molar-refractivity contribution in [3.05, 3.63) is 29.8 Å². The van der Waals surface area contributed by atoms with Gasteiger partial charge in [-0.05, 0) is 86.8 Å². The van der Waals surface area contributed by atoms with Crippen molar-refractivity contribution in [2.75, 3.05) is 0 Å². The Morgan fingerprint density at radius 1 is 0.828 bits per heavy atom. The molecule has 0 bridgehead atoms. The Kier molecular flexibility index (Phi) is 9.08. The van der Waals surface area contributed by atoms with Gasteiger partial charge in [-0.1, -0.05) is 64.5 Å². The normalized spacial score (nSPS) is 27.5. The van der Waals surface area contributed by atoms with E-state index in [4.69, 9.17) is 4.74 Å². The molecular weight excluding hydrogens is 356 g/mol. The van der Waals surface area contributed by atoms with Crippen LogP contribution in [-0.4, -0.2) is 5.97 Å². The van der Waals surface area contributed by atoms with Crippen LogP contribution in [0, 0.1) is 23.7 Å². The first kappa shape index (κ1) is 22.4. The average molecular weight is 399 g/mol. The molecule has 2 saturated carbocycles. The average Bonchev–Trinajstić information content (AvgIpc) is 2.76. The molecule has 0 amide bonds. The fraction of sp³-hybridized carbons (Fsp3) is 0.741. The molecule has 0 heterocycles. The van der Waals surface area contributed by atoms with Gasteiger partial charge in [-0.25, -0.2) is 0 Å². The van der Waals surface area contributed by atoms with Gasteiger partial charge in [0.1, 0.15) is 5.75 Å². The van der Waals surface area contributed by atoms with Crippen LogP contribution < -0.4 is 4.74 Å². The van der Waals surface area contributed by atoms with Crippen molar-refractivity contribution in [3.8, 4) is 5.75 Å². The van der Waals surface area contributed by atoms with Crippen LogP contribution in [-0.2, 0) is 11.2 Å². The van der Waals surface area contributed by atoms with Gasteiger partial charge in [0.15, 0.2) is 0 Å². The number of hydrogen-bond donors (Lipinski definition) is 0. The van der Waals surface area contributed by atoms with Crippen LogP contribution in [0.5, 0.6) is 5.75 Å². The zero-order valence-corrected chi connectivity index (χ0v) is 18.8. The monoisotopic (exact) mass is 398 g/mol. The van der Waals surface area contributed by atoms with E-state index in [-0.39, 0.29) is 11.9 Å². The molecule has 0 saturated heterocycles. The quantitative estimate of drug-likeness (QED) is 0.241. The Labute approximate surface area is 178 Å². The van der Waals surface area contributed by atoms with Crippen LogP contribution in [0.1, 0.15) is 103 Å². The molecule has 0 spiro atoms. The second-order valence-corrected chi connectivity index (χ2v) is 9.70. The fourth-order valence-corrected chi connectivity index (χ4v) is 5.69. The van der Waals surface area contributed by atoms with Crippen molar-refractivity contribution in [1.29, 1.82) is 0 Å². The summed E-state index contributed by atoms with van der Waals surface area (Å²) in [4.78, 5) is 12.6. The van der Waals surface area contributed by atoms with E-state index in [1.54, 1.807) is 0 Å². The van der Waals surface area contributed by atoms with Gasteiger partial charge in [0, 0.05) is 0 Å². The predicted molar refractivity (Wildman–Crippen MR) is 121 cm³/mol. The van der Waals surface area contributed by atoms with Crippen LogP contribution in [0.4, 0.5) is 0 Å². The first-order chi connectivity index (χ1) is 14.2. The van der Waals surface area contributed by atoms with Gasteiger partial charge in [-0.2, -0.15) is 0 Å². The minimum Gasteiger partial charge on any atom is -0.426 e. The Morgan fingerprint density at radius 2 is 1.45 bits per heavy atom. The summed E-state index contributed by atoms with van der Waals surface area (Å²) in [7, 11) is 0. The van der Waals surface area contributed by atoms with E-state index in [0.717, 1.165) is 37.0 Å². The molecule has 2 aliphatic carbocycles. The van der Waals surface area contributed by atoms with Crippen LogP contribution >= 0.6 is 0 Å². The molecule has 2 nitrogen and oxygen atoms in total. The van der Waals surface area contributed by atoms with E-state index in [9.17, 15) is 4.79 Å². The maximum atomic E-state index is 12.6. The molecule has 2 aliphatic rings. The van der Waals surface area contributed by atoms with Crippen LogP contribution in [0.2, 0.25) is 0 Å². The minimum absolute atomic E-state index is 0.00571. The third kappa shape index (κ3) is 6.86. The van der Waals surface area contributed by atoms with Gasteiger partial charge in [0.25, 0.3) is 0 Å². The Hall–Kier alpha value is -1.31. The van der Waals surface area contributed by atoms with Crippen molar-refractivity contribution >= 4 is 5.97 Å². The number of carbonyl (C=O) groups is 1. The molecule has 2 heteroatoms. The fourth-order valence-electron chi connectivity index (χ4n) is 5.69. The van der Waals surface area contributed by atoms with Gasteiger partial charge < -0.3 is 4.74 Å². The number of rotatable bonds is 9. The van der Waals surface area contributed by atoms with Crippen molar-refractivity contribution in [1.82, 2.24) is 0 Å². The van der Waals surface area contributed by atoms with Gasteiger partial charge >= 0.3 is 5.97 Å². The van der Waals surface area contributed by atoms with E-state index in [0.29, 0.717) is 5.75 Å². The third-order valence-electron chi connectivity index (χ3n) is 7.57. The zero-order chi connectivity index (χ0) is 20.5. The van der Waals surface area contributed by atoms with E-state index in [1.165, 1.54) is 76.2 Å². The standard InChI is InChI=1S/C27H42O2/c1-3-5-6-8-22-11-19-26(20-12-22)29-27(28)25-17-15-24(16-18-25)23-13-9-21(7-4-2)10-14-23/h11-12,19-21,23-25H,3-10,13-18H2,1-2H3/t21-,23-,24?,25?. The lowest BCUT2D eigenvalue weighted by Crippen LogP contribution is -2.30. The summed E-state index contributed by atoms with van der Waals surface area (Å²) >= 11 is 0. The van der Waals surface area contributed by atoms with E-state index >= 15 is 0 Å². The van der Waals surface area contributed by atoms with E-state index in [1.807, 2.05) is 12.1 Å². The summed E-state index contributed by atoms with van der Waals surface area (Å²) in [6.45, 7) is 4.54. The highest BCUT2D eigenvalue weighted by atomic mass is 16.5. The highest BCUT2D eigenvalue weighted by Gasteiger charge is 2.33. The van der Waals surface area contributed by atoms with Crippen molar-refractivity contribution in [2.45, 2.75) is 104 Å². The second-order valence-electron chi connectivity index (χ2n) is 9.70. The molecule has 0 radical (unpaired) electrons. The molecule has 3 rings (SSSR count). The number of benzene rings is 1. The van der Waals surface area contributed by atoms with Crippen molar-refractivity contribution < 1.29 is 9.53 Å². The number of unbranched alkanes of at least 4 members (excludes halogenated alkanes) is 2. The number of ether oxygens (including phenoxy) is 1. The molecule has 1 aromatic carbocycles. The Balaban J connectivity index is 1.39. The highest BCUT2D eigenvalue weighted by molar-refractivity contribution is 5.75. The smallest absolute Gasteiger partial charge is 0.314 e. The molecule has 0 N–H and O–H groups in total. The zero-order valence-electron chi connectivity index (χ0n) is 18.8. The van der Waals surface area contributed by atoms with Crippen LogP contribution in [0.3, 0.4) is 0 Å². The first-order valence-electron chi connectivity index (χ1n) is 12.5. The van der Waals surface area contributed by atoms with Crippen LogP contribution in [0.25, 0.3) is 0 Å². The molecule has 0 aliphatic heterocycles. The van der Waals surface area contributed by atoms with E-state index < -0.39 is 0 Å². The molecule has 162 valence electrons. The number of esters is 1. The summed E-state index contributed by atoms with van der Waals surface area (Å²) in [5.41, 5.74) is 1.34. The summed E-state index contributed by atoms with van der Waals surface area (Å²) in [5, 5.41) is 0. The number of carbonyl (C=O) groups excluding carboxylic acids is 1. The summed E-state index contributed by atoms with van der Waals surface area (Å²) in [6, 6.07) is 8.17. The van der Waals surface area contributed by atoms with E-state index in [2.05, 4.69) is 26.0 Å². The second kappa shape index (κ2) is 11.8. The summed E-state index contributed by atoms with van der Waals surface area (Å²) < 4.78 is 5.72. The maximum absolute atomic E-state index is 12.6. The SMILES string of the molecule is CCCCCc1ccc(OC(=O)C2CCC([C@H]3CC[C@H](CCC)CC3)CC2)cc1. The van der Waals surface area contributed by atoms with Crippen LogP contribution in [0.15, 0.2) is 24.3 Å². The highest BCUT2D eigenvalue weighted by Crippen LogP contribution is 2.42. The number of aryl methyl sites for hydroxylation is 1. The van der Waals surface area contributed by atoms with Crippen molar-refractivity contribution in [2.24, 2.45) is 23.7 Å². The summed E-state index contributed by atoms with van der Waals surface area (Å²) in [6.07, 6.45) is 17.9. The predicted octanol–water partition coefficient (Wildman–Crippen LogP) is 7.74. The molecule has 0 unspecified atom stereocenters. The lowest BCUT2D eigenvalue weighted by atomic mass is 9.69. The number of hydrogen-bond acceptors (Lipinski definition) is 2. The lowest BCUT2D eigenvalue weighted by molar-refractivity contribution is -0.140. The van der Waals surface area contributed by atoms with Gasteiger partial charge in [-0.15, -0.1) is 0 Å². The van der Waals surface area contributed by atoms with Gasteiger partial charge in [-0.3, -0.25) is 4.79 Å².